The summed E-state index contributed by atoms with van der Waals surface area (Å²) >= 11 is 3.87. The molecular weight excluding hydrogens is 524 g/mol. The monoisotopic (exact) mass is 535 g/mol. The van der Waals surface area contributed by atoms with E-state index in [2.05, 4.69) is 31.2 Å². The number of nitrogens with one attached hydrogen (secondary N) is 1. The molecule has 3 rings (SSSR count). The molecule has 4 nitrogen and oxygen atoms in total. The number of anilines is 1. The Morgan fingerprint density at radius 1 is 0.938 bits per heavy atom. The zero-order valence-electron chi connectivity index (χ0n) is 15.8. The van der Waals surface area contributed by atoms with Crippen molar-refractivity contribution < 1.29 is 31.1 Å². The van der Waals surface area contributed by atoms with Crippen molar-refractivity contribution in [1.82, 2.24) is 9.97 Å². The number of hydrogen-bond donors (Lipinski definition) is 1. The molecule has 0 aliphatic carbocycles. The van der Waals surface area contributed by atoms with Crippen molar-refractivity contribution in [3.8, 4) is 11.3 Å². The molecule has 0 aliphatic rings. The molecule has 0 saturated heterocycles. The Kier molecular flexibility index (Phi) is 7.13. The lowest BCUT2D eigenvalue weighted by atomic mass is 10.1. The van der Waals surface area contributed by atoms with E-state index < -0.39 is 35.3 Å². The molecule has 1 amide bonds. The van der Waals surface area contributed by atoms with Crippen molar-refractivity contribution in [2.75, 3.05) is 11.1 Å². The maximum Gasteiger partial charge on any atom is 0.433 e. The molecule has 1 heterocycles. The van der Waals surface area contributed by atoms with Gasteiger partial charge in [0.25, 0.3) is 0 Å². The van der Waals surface area contributed by atoms with E-state index in [0.717, 1.165) is 28.7 Å². The first kappa shape index (κ1) is 24.1. The number of alkyl halides is 6. The molecule has 0 bridgehead atoms. The second-order valence-electron chi connectivity index (χ2n) is 6.34. The fraction of sp³-hybridized carbons (Fsp3) is 0.150. The van der Waals surface area contributed by atoms with Crippen LogP contribution in [0.25, 0.3) is 11.3 Å². The van der Waals surface area contributed by atoms with E-state index in [1.54, 1.807) is 24.3 Å². The fourth-order valence-corrected chi connectivity index (χ4v) is 3.43. The first-order valence-electron chi connectivity index (χ1n) is 8.74. The van der Waals surface area contributed by atoms with Crippen molar-refractivity contribution in [3.63, 3.8) is 0 Å². The smallest absolute Gasteiger partial charge is 0.325 e. The molecule has 0 aliphatic heterocycles. The van der Waals surface area contributed by atoms with Crippen LogP contribution < -0.4 is 5.32 Å². The van der Waals surface area contributed by atoms with Crippen molar-refractivity contribution in [1.29, 1.82) is 0 Å². The minimum Gasteiger partial charge on any atom is -0.325 e. The Morgan fingerprint density at radius 3 is 2.25 bits per heavy atom. The molecule has 3 aromatic rings. The lowest BCUT2D eigenvalue weighted by Crippen LogP contribution is -2.16. The maximum absolute atomic E-state index is 13.3. The van der Waals surface area contributed by atoms with Crippen LogP contribution in [0.4, 0.5) is 32.0 Å². The summed E-state index contributed by atoms with van der Waals surface area (Å²) in [6.45, 7) is 0. The van der Waals surface area contributed by atoms with Gasteiger partial charge in [-0.05, 0) is 36.4 Å². The van der Waals surface area contributed by atoms with Gasteiger partial charge >= 0.3 is 12.4 Å². The Morgan fingerprint density at radius 2 is 1.62 bits per heavy atom. The first-order chi connectivity index (χ1) is 14.9. The van der Waals surface area contributed by atoms with Crippen molar-refractivity contribution in [2.24, 2.45) is 0 Å². The lowest BCUT2D eigenvalue weighted by Gasteiger charge is -2.11. The number of aromatic nitrogens is 2. The third-order valence-electron chi connectivity index (χ3n) is 3.94. The van der Waals surface area contributed by atoms with Gasteiger partial charge in [-0.25, -0.2) is 9.97 Å². The van der Waals surface area contributed by atoms with Gasteiger partial charge in [-0.15, -0.1) is 0 Å². The maximum atomic E-state index is 13.3. The highest BCUT2D eigenvalue weighted by atomic mass is 79.9. The topological polar surface area (TPSA) is 54.9 Å². The van der Waals surface area contributed by atoms with Crippen LogP contribution in [-0.4, -0.2) is 21.6 Å². The third kappa shape index (κ3) is 6.45. The summed E-state index contributed by atoms with van der Waals surface area (Å²) in [5.41, 5.74) is -1.78. The van der Waals surface area contributed by atoms with E-state index in [0.29, 0.717) is 17.3 Å². The van der Waals surface area contributed by atoms with Crippen LogP contribution in [0.2, 0.25) is 0 Å². The normalized spacial score (nSPS) is 12.0. The number of hydrogen-bond acceptors (Lipinski definition) is 4. The quantitative estimate of drug-likeness (QED) is 0.225. The molecule has 0 unspecified atom stereocenters. The van der Waals surface area contributed by atoms with E-state index >= 15 is 0 Å². The van der Waals surface area contributed by atoms with Crippen LogP contribution in [-0.2, 0) is 17.1 Å². The van der Waals surface area contributed by atoms with E-state index in [9.17, 15) is 31.1 Å². The van der Waals surface area contributed by atoms with Gasteiger partial charge in [0.15, 0.2) is 5.16 Å². The summed E-state index contributed by atoms with van der Waals surface area (Å²) in [5, 5.41) is 1.98. The summed E-state index contributed by atoms with van der Waals surface area (Å²) in [4.78, 5) is 19.7. The summed E-state index contributed by atoms with van der Waals surface area (Å²) in [6, 6.07) is 11.2. The molecule has 32 heavy (non-hydrogen) atoms. The molecule has 12 heteroatoms. The average Bonchev–Trinajstić information content (AvgIpc) is 2.71. The number of thioether (sulfide) groups is 1. The predicted octanol–water partition coefficient (Wildman–Crippen LogP) is 6.67. The van der Waals surface area contributed by atoms with E-state index in [-0.39, 0.29) is 16.5 Å². The molecule has 168 valence electrons. The molecule has 0 radical (unpaired) electrons. The summed E-state index contributed by atoms with van der Waals surface area (Å²) in [6.07, 6.45) is -9.31. The summed E-state index contributed by atoms with van der Waals surface area (Å²) in [7, 11) is 0. The number of halogens is 7. The van der Waals surface area contributed by atoms with Gasteiger partial charge in [-0.3, -0.25) is 4.79 Å². The second-order valence-corrected chi connectivity index (χ2v) is 8.20. The minimum absolute atomic E-state index is 0.0145. The number of amides is 1. The standard InChI is InChI=1S/C20H12BrF6N3OS/c21-13-6-4-11(5-7-13)15-9-16(20(25,26)27)30-18(29-15)32-10-17(31)28-14-3-1-2-12(8-14)19(22,23)24/h1-9H,10H2,(H,28,31). The Labute approximate surface area is 190 Å². The van der Waals surface area contributed by atoms with Gasteiger partial charge in [0.1, 0.15) is 5.69 Å². The molecule has 2 aromatic carbocycles. The molecular formula is C20H12BrF6N3OS. The predicted molar refractivity (Wildman–Crippen MR) is 111 cm³/mol. The largest absolute Gasteiger partial charge is 0.433 e. The van der Waals surface area contributed by atoms with Crippen molar-refractivity contribution >= 4 is 39.3 Å². The Bertz CT molecular complexity index is 1120. The van der Waals surface area contributed by atoms with Crippen LogP contribution in [0.3, 0.4) is 0 Å². The van der Waals surface area contributed by atoms with Gasteiger partial charge in [0, 0.05) is 15.7 Å². The second kappa shape index (κ2) is 9.49. The van der Waals surface area contributed by atoms with Crippen molar-refractivity contribution in [3.05, 3.63) is 70.3 Å². The fourth-order valence-electron chi connectivity index (χ4n) is 2.50. The number of benzene rings is 2. The number of carbonyl (C=O) groups excluding carboxylic acids is 1. The summed E-state index contributed by atoms with van der Waals surface area (Å²) in [5.74, 6) is -1.13. The SMILES string of the molecule is O=C(CSc1nc(-c2ccc(Br)cc2)cc(C(F)(F)F)n1)Nc1cccc(C(F)(F)F)c1. The molecule has 0 spiro atoms. The zero-order valence-corrected chi connectivity index (χ0v) is 18.2. The number of carbonyl (C=O) groups is 1. The zero-order chi connectivity index (χ0) is 23.5. The number of rotatable bonds is 5. The summed E-state index contributed by atoms with van der Waals surface area (Å²) < 4.78 is 78.9. The van der Waals surface area contributed by atoms with Crippen LogP contribution in [0.15, 0.2) is 64.2 Å². The van der Waals surface area contributed by atoms with Crippen LogP contribution >= 0.6 is 27.7 Å². The lowest BCUT2D eigenvalue weighted by molar-refractivity contribution is -0.141. The van der Waals surface area contributed by atoms with Gasteiger partial charge in [0.05, 0.1) is 17.0 Å². The molecule has 0 saturated carbocycles. The van der Waals surface area contributed by atoms with E-state index in [4.69, 9.17) is 0 Å². The van der Waals surface area contributed by atoms with E-state index in [1.165, 1.54) is 6.07 Å². The van der Waals surface area contributed by atoms with Crippen LogP contribution in [0.1, 0.15) is 11.3 Å². The van der Waals surface area contributed by atoms with Crippen LogP contribution in [0.5, 0.6) is 0 Å². The van der Waals surface area contributed by atoms with Crippen LogP contribution in [0, 0.1) is 0 Å². The third-order valence-corrected chi connectivity index (χ3v) is 5.32. The average molecular weight is 536 g/mol. The highest BCUT2D eigenvalue weighted by Crippen LogP contribution is 2.33. The van der Waals surface area contributed by atoms with Gasteiger partial charge in [-0.2, -0.15) is 26.3 Å². The molecule has 1 N–H and O–H groups in total. The molecule has 1 aromatic heterocycles. The number of nitrogens with zero attached hydrogens (tertiary/aromatic N) is 2. The van der Waals surface area contributed by atoms with Gasteiger partial charge < -0.3 is 5.32 Å². The van der Waals surface area contributed by atoms with Crippen molar-refractivity contribution in [2.45, 2.75) is 17.5 Å². The highest BCUT2D eigenvalue weighted by Gasteiger charge is 2.34. The Hall–Kier alpha value is -2.60. The first-order valence-corrected chi connectivity index (χ1v) is 10.5. The minimum atomic E-state index is -4.73. The van der Waals surface area contributed by atoms with Gasteiger partial charge in [-0.1, -0.05) is 45.9 Å². The molecule has 0 atom stereocenters. The van der Waals surface area contributed by atoms with Gasteiger partial charge in [0.2, 0.25) is 5.91 Å². The molecule has 0 fully saturated rings. The highest BCUT2D eigenvalue weighted by molar-refractivity contribution is 9.10. The Balaban J connectivity index is 1.77. The van der Waals surface area contributed by atoms with E-state index in [1.807, 2.05) is 0 Å².